The normalized spacial score (nSPS) is 14.3. The number of ether oxygens (including phenoxy) is 1. The number of pyridine rings is 1. The monoisotopic (exact) mass is 364 g/mol. The SMILES string of the molecule is O=C(c1ccc(NCc2cc(=O)n3ccccc3n2)cc1)N1CCOCC1. The van der Waals surface area contributed by atoms with Crippen LogP contribution in [0, 0.1) is 0 Å². The number of amides is 1. The number of nitrogens with zero attached hydrogens (tertiary/aromatic N) is 3. The van der Waals surface area contributed by atoms with Crippen molar-refractivity contribution < 1.29 is 9.53 Å². The first-order valence-electron chi connectivity index (χ1n) is 8.89. The van der Waals surface area contributed by atoms with Crippen molar-refractivity contribution in [1.29, 1.82) is 0 Å². The van der Waals surface area contributed by atoms with E-state index in [-0.39, 0.29) is 11.5 Å². The van der Waals surface area contributed by atoms with Gasteiger partial charge < -0.3 is 15.0 Å². The highest BCUT2D eigenvalue weighted by Crippen LogP contribution is 2.13. The van der Waals surface area contributed by atoms with E-state index in [2.05, 4.69) is 10.3 Å². The van der Waals surface area contributed by atoms with Crippen molar-refractivity contribution in [3.63, 3.8) is 0 Å². The Bertz CT molecular complexity index is 1010. The zero-order valence-corrected chi connectivity index (χ0v) is 14.8. The lowest BCUT2D eigenvalue weighted by atomic mass is 10.1. The topological polar surface area (TPSA) is 75.9 Å². The van der Waals surface area contributed by atoms with Crippen molar-refractivity contribution in [2.45, 2.75) is 6.54 Å². The van der Waals surface area contributed by atoms with E-state index in [0.29, 0.717) is 49.8 Å². The minimum Gasteiger partial charge on any atom is -0.379 e. The van der Waals surface area contributed by atoms with Gasteiger partial charge in [-0.25, -0.2) is 4.98 Å². The molecule has 1 aromatic carbocycles. The van der Waals surface area contributed by atoms with Crippen molar-refractivity contribution in [2.75, 3.05) is 31.6 Å². The molecule has 0 saturated carbocycles. The molecule has 138 valence electrons. The Morgan fingerprint density at radius 2 is 1.89 bits per heavy atom. The summed E-state index contributed by atoms with van der Waals surface area (Å²) < 4.78 is 6.79. The van der Waals surface area contributed by atoms with Crippen LogP contribution in [0.5, 0.6) is 0 Å². The summed E-state index contributed by atoms with van der Waals surface area (Å²) in [6.45, 7) is 2.86. The average molecular weight is 364 g/mol. The summed E-state index contributed by atoms with van der Waals surface area (Å²) in [5, 5.41) is 3.24. The molecule has 4 rings (SSSR count). The highest BCUT2D eigenvalue weighted by Gasteiger charge is 2.18. The van der Waals surface area contributed by atoms with E-state index in [1.165, 1.54) is 10.5 Å². The number of benzene rings is 1. The third-order valence-electron chi connectivity index (χ3n) is 4.53. The Morgan fingerprint density at radius 1 is 1.11 bits per heavy atom. The predicted molar refractivity (Wildman–Crippen MR) is 102 cm³/mol. The van der Waals surface area contributed by atoms with E-state index in [0.717, 1.165) is 5.69 Å². The van der Waals surface area contributed by atoms with Crippen molar-refractivity contribution in [1.82, 2.24) is 14.3 Å². The van der Waals surface area contributed by atoms with Gasteiger partial charge in [0.1, 0.15) is 5.65 Å². The second kappa shape index (κ2) is 7.59. The zero-order chi connectivity index (χ0) is 18.6. The number of carbonyl (C=O) groups excluding carboxylic acids is 1. The fourth-order valence-electron chi connectivity index (χ4n) is 3.07. The molecular formula is C20H20N4O3. The molecule has 0 unspecified atom stereocenters. The lowest BCUT2D eigenvalue weighted by molar-refractivity contribution is 0.0303. The number of rotatable bonds is 4. The molecule has 7 nitrogen and oxygen atoms in total. The maximum atomic E-state index is 12.5. The van der Waals surface area contributed by atoms with Crippen LogP contribution in [-0.2, 0) is 11.3 Å². The van der Waals surface area contributed by atoms with Gasteiger partial charge in [0, 0.05) is 36.6 Å². The molecule has 7 heteroatoms. The standard InChI is InChI=1S/C20H20N4O3/c25-19-13-17(22-18-3-1-2-8-24(18)19)14-21-16-6-4-15(5-7-16)20(26)23-9-11-27-12-10-23/h1-8,13,21H,9-12,14H2. The molecule has 0 atom stereocenters. The van der Waals surface area contributed by atoms with Crippen LogP contribution in [0.15, 0.2) is 59.5 Å². The summed E-state index contributed by atoms with van der Waals surface area (Å²) in [6, 6.07) is 14.3. The van der Waals surface area contributed by atoms with Gasteiger partial charge in [-0.05, 0) is 36.4 Å². The number of fused-ring (bicyclic) bond motifs is 1. The van der Waals surface area contributed by atoms with Gasteiger partial charge in [0.25, 0.3) is 11.5 Å². The summed E-state index contributed by atoms with van der Waals surface area (Å²) in [5.74, 6) is 0.0223. The van der Waals surface area contributed by atoms with Crippen molar-refractivity contribution in [3.8, 4) is 0 Å². The van der Waals surface area contributed by atoms with Crippen molar-refractivity contribution in [2.24, 2.45) is 0 Å². The quantitative estimate of drug-likeness (QED) is 0.764. The van der Waals surface area contributed by atoms with E-state index in [4.69, 9.17) is 4.74 Å². The molecule has 1 saturated heterocycles. The molecule has 0 radical (unpaired) electrons. The number of morpholine rings is 1. The third-order valence-corrected chi connectivity index (χ3v) is 4.53. The molecule has 0 aliphatic carbocycles. The van der Waals surface area contributed by atoms with Crippen molar-refractivity contribution in [3.05, 3.63) is 76.3 Å². The maximum absolute atomic E-state index is 12.5. The van der Waals surface area contributed by atoms with Crippen molar-refractivity contribution >= 4 is 17.2 Å². The van der Waals surface area contributed by atoms with Crippen LogP contribution in [0.2, 0.25) is 0 Å². The maximum Gasteiger partial charge on any atom is 0.258 e. The largest absolute Gasteiger partial charge is 0.379 e. The van der Waals surface area contributed by atoms with E-state index < -0.39 is 0 Å². The van der Waals surface area contributed by atoms with E-state index in [1.807, 2.05) is 30.3 Å². The molecule has 1 N–H and O–H groups in total. The van der Waals surface area contributed by atoms with Gasteiger partial charge in [-0.1, -0.05) is 6.07 Å². The Hall–Kier alpha value is -3.19. The van der Waals surface area contributed by atoms with Crippen LogP contribution in [-0.4, -0.2) is 46.5 Å². The number of anilines is 1. The lowest BCUT2D eigenvalue weighted by Gasteiger charge is -2.26. The summed E-state index contributed by atoms with van der Waals surface area (Å²) in [6.07, 6.45) is 1.70. The molecule has 1 aliphatic heterocycles. The summed E-state index contributed by atoms with van der Waals surface area (Å²) in [5.41, 5.74) is 2.70. The molecule has 2 aromatic heterocycles. The molecule has 1 aliphatic rings. The first-order chi connectivity index (χ1) is 13.2. The molecule has 3 aromatic rings. The van der Waals surface area contributed by atoms with E-state index in [1.54, 1.807) is 23.2 Å². The van der Waals surface area contributed by atoms with Crippen LogP contribution >= 0.6 is 0 Å². The Morgan fingerprint density at radius 3 is 2.67 bits per heavy atom. The number of aromatic nitrogens is 2. The minimum atomic E-state index is -0.108. The fraction of sp³-hybridized carbons (Fsp3) is 0.250. The number of hydrogen-bond donors (Lipinski definition) is 1. The highest BCUT2D eigenvalue weighted by molar-refractivity contribution is 5.94. The van der Waals surface area contributed by atoms with E-state index >= 15 is 0 Å². The van der Waals surface area contributed by atoms with Crippen LogP contribution in [0.4, 0.5) is 5.69 Å². The smallest absolute Gasteiger partial charge is 0.258 e. The third kappa shape index (κ3) is 3.83. The van der Waals surface area contributed by atoms with Gasteiger partial charge in [0.2, 0.25) is 0 Å². The average Bonchev–Trinajstić information content (AvgIpc) is 2.73. The zero-order valence-electron chi connectivity index (χ0n) is 14.8. The van der Waals surface area contributed by atoms with Gasteiger partial charge in [-0.2, -0.15) is 0 Å². The van der Waals surface area contributed by atoms with Gasteiger partial charge >= 0.3 is 0 Å². The van der Waals surface area contributed by atoms with E-state index in [9.17, 15) is 9.59 Å². The first-order valence-corrected chi connectivity index (χ1v) is 8.89. The summed E-state index contributed by atoms with van der Waals surface area (Å²) in [7, 11) is 0. The Labute approximate surface area is 156 Å². The molecule has 3 heterocycles. The van der Waals surface area contributed by atoms with Crippen LogP contribution in [0.3, 0.4) is 0 Å². The van der Waals surface area contributed by atoms with Gasteiger partial charge in [0.05, 0.1) is 25.5 Å². The molecule has 1 fully saturated rings. The highest BCUT2D eigenvalue weighted by atomic mass is 16.5. The summed E-state index contributed by atoms with van der Waals surface area (Å²) in [4.78, 5) is 30.9. The molecule has 0 bridgehead atoms. The second-order valence-corrected chi connectivity index (χ2v) is 6.35. The number of nitrogens with one attached hydrogen (secondary N) is 1. The Balaban J connectivity index is 1.43. The van der Waals surface area contributed by atoms with Crippen LogP contribution in [0.25, 0.3) is 5.65 Å². The van der Waals surface area contributed by atoms with Crippen LogP contribution < -0.4 is 10.9 Å². The molecule has 1 amide bonds. The number of carbonyl (C=O) groups is 1. The van der Waals surface area contributed by atoms with Gasteiger partial charge in [-0.15, -0.1) is 0 Å². The first kappa shape index (κ1) is 17.2. The molecule has 27 heavy (non-hydrogen) atoms. The van der Waals surface area contributed by atoms with Gasteiger partial charge in [0.15, 0.2) is 0 Å². The molecule has 0 spiro atoms. The van der Waals surface area contributed by atoms with Crippen LogP contribution in [0.1, 0.15) is 16.1 Å². The minimum absolute atomic E-state index is 0.0223. The number of hydrogen-bond acceptors (Lipinski definition) is 5. The van der Waals surface area contributed by atoms with Gasteiger partial charge in [-0.3, -0.25) is 14.0 Å². The second-order valence-electron chi connectivity index (χ2n) is 6.35. The summed E-state index contributed by atoms with van der Waals surface area (Å²) >= 11 is 0. The molecular weight excluding hydrogens is 344 g/mol. The predicted octanol–water partition coefficient (Wildman–Crippen LogP) is 1.78. The fourth-order valence-corrected chi connectivity index (χ4v) is 3.07. The Kier molecular flexibility index (Phi) is 4.84. The lowest BCUT2D eigenvalue weighted by Crippen LogP contribution is -2.40.